The predicted molar refractivity (Wildman–Crippen MR) is 88.5 cm³/mol. The first-order chi connectivity index (χ1) is 10.7. The molecule has 0 aromatic heterocycles. The van der Waals surface area contributed by atoms with Gasteiger partial charge < -0.3 is 15.8 Å². The van der Waals surface area contributed by atoms with Crippen molar-refractivity contribution in [2.45, 2.75) is 26.0 Å². The van der Waals surface area contributed by atoms with Crippen LogP contribution in [-0.2, 0) is 22.6 Å². The smallest absolute Gasteiger partial charge is 0.241 e. The number of benzene rings is 2. The Morgan fingerprint density at radius 2 is 1.86 bits per heavy atom. The molecule has 2 rings (SSSR count). The van der Waals surface area contributed by atoms with Crippen LogP contribution < -0.4 is 11.1 Å². The number of anilines is 1. The first kappa shape index (κ1) is 16.2. The third-order valence-electron chi connectivity index (χ3n) is 3.30. The molecule has 0 heterocycles. The molecule has 0 aliphatic carbocycles. The lowest BCUT2D eigenvalue weighted by Crippen LogP contribution is -2.37. The first-order valence-electron chi connectivity index (χ1n) is 7.46. The molecule has 0 spiro atoms. The lowest BCUT2D eigenvalue weighted by molar-refractivity contribution is -0.117. The van der Waals surface area contributed by atoms with E-state index in [9.17, 15) is 4.79 Å². The fourth-order valence-corrected chi connectivity index (χ4v) is 2.15. The van der Waals surface area contributed by atoms with Crippen molar-refractivity contribution in [3.63, 3.8) is 0 Å². The van der Waals surface area contributed by atoms with E-state index in [1.165, 1.54) is 0 Å². The van der Waals surface area contributed by atoms with Gasteiger partial charge in [0.2, 0.25) is 5.91 Å². The van der Waals surface area contributed by atoms with E-state index in [4.69, 9.17) is 10.5 Å². The van der Waals surface area contributed by atoms with Crippen molar-refractivity contribution >= 4 is 11.6 Å². The van der Waals surface area contributed by atoms with E-state index in [-0.39, 0.29) is 5.91 Å². The second-order valence-corrected chi connectivity index (χ2v) is 5.12. The molecule has 0 saturated heterocycles. The number of nitrogens with two attached hydrogens (primary N) is 1. The molecule has 1 amide bonds. The summed E-state index contributed by atoms with van der Waals surface area (Å²) in [4.78, 5) is 12.2. The van der Waals surface area contributed by atoms with Crippen LogP contribution >= 0.6 is 0 Å². The van der Waals surface area contributed by atoms with Gasteiger partial charge in [-0.2, -0.15) is 0 Å². The third kappa shape index (κ3) is 4.98. The van der Waals surface area contributed by atoms with Crippen molar-refractivity contribution < 1.29 is 9.53 Å². The Bertz CT molecular complexity index is 599. The molecular weight excluding hydrogens is 276 g/mol. The topological polar surface area (TPSA) is 64.3 Å². The summed E-state index contributed by atoms with van der Waals surface area (Å²) in [5.74, 6) is -0.183. The average Bonchev–Trinajstić information content (AvgIpc) is 2.54. The molecule has 0 aliphatic heterocycles. The third-order valence-corrected chi connectivity index (χ3v) is 3.30. The summed E-state index contributed by atoms with van der Waals surface area (Å²) in [5.41, 5.74) is 8.80. The highest BCUT2D eigenvalue weighted by atomic mass is 16.5. The highest BCUT2D eigenvalue weighted by Gasteiger charge is 2.14. The number of carbonyl (C=O) groups excluding carboxylic acids is 1. The fourth-order valence-electron chi connectivity index (χ4n) is 2.15. The van der Waals surface area contributed by atoms with Gasteiger partial charge in [0.25, 0.3) is 0 Å². The first-order valence-corrected chi connectivity index (χ1v) is 7.46. The van der Waals surface area contributed by atoms with Crippen LogP contribution in [-0.4, -0.2) is 18.6 Å². The molecule has 0 radical (unpaired) electrons. The molecule has 1 atom stereocenters. The van der Waals surface area contributed by atoms with Gasteiger partial charge in [0, 0.05) is 12.3 Å². The Balaban J connectivity index is 1.93. The number of hydrogen-bond acceptors (Lipinski definition) is 3. The van der Waals surface area contributed by atoms with Gasteiger partial charge in [0.1, 0.15) is 0 Å². The normalized spacial score (nSPS) is 11.9. The average molecular weight is 298 g/mol. The zero-order valence-corrected chi connectivity index (χ0v) is 12.8. The highest BCUT2D eigenvalue weighted by molar-refractivity contribution is 5.94. The van der Waals surface area contributed by atoms with Crippen molar-refractivity contribution in [2.75, 3.05) is 11.9 Å². The van der Waals surface area contributed by atoms with Crippen LogP contribution in [0.25, 0.3) is 0 Å². The number of rotatable bonds is 7. The van der Waals surface area contributed by atoms with E-state index in [1.807, 2.05) is 61.5 Å². The fraction of sp³-hybridized carbons (Fsp3) is 0.278. The summed E-state index contributed by atoms with van der Waals surface area (Å²) in [5, 5.41) is 2.86. The van der Waals surface area contributed by atoms with Crippen LogP contribution in [0.15, 0.2) is 54.6 Å². The van der Waals surface area contributed by atoms with Crippen LogP contribution in [0.1, 0.15) is 18.1 Å². The Morgan fingerprint density at radius 1 is 1.14 bits per heavy atom. The number of carbonyl (C=O) groups is 1. The summed E-state index contributed by atoms with van der Waals surface area (Å²) in [6, 6.07) is 16.8. The molecule has 0 aliphatic rings. The molecule has 3 N–H and O–H groups in total. The highest BCUT2D eigenvalue weighted by Crippen LogP contribution is 2.12. The minimum Gasteiger partial charge on any atom is -0.377 e. The van der Waals surface area contributed by atoms with Gasteiger partial charge in [-0.3, -0.25) is 4.79 Å². The number of hydrogen-bond donors (Lipinski definition) is 2. The molecular formula is C18H22N2O2. The van der Waals surface area contributed by atoms with Gasteiger partial charge in [0.15, 0.2) is 0 Å². The Morgan fingerprint density at radius 3 is 2.59 bits per heavy atom. The summed E-state index contributed by atoms with van der Waals surface area (Å²) < 4.78 is 5.37. The van der Waals surface area contributed by atoms with Crippen molar-refractivity contribution in [1.29, 1.82) is 0 Å². The lowest BCUT2D eigenvalue weighted by atomic mass is 10.1. The Kier molecular flexibility index (Phi) is 6.13. The molecule has 4 heteroatoms. The van der Waals surface area contributed by atoms with Crippen molar-refractivity contribution in [1.82, 2.24) is 0 Å². The van der Waals surface area contributed by atoms with E-state index < -0.39 is 6.04 Å². The zero-order valence-electron chi connectivity index (χ0n) is 12.8. The van der Waals surface area contributed by atoms with Crippen LogP contribution in [0.2, 0.25) is 0 Å². The Hall–Kier alpha value is -2.17. The van der Waals surface area contributed by atoms with Gasteiger partial charge in [0.05, 0.1) is 12.6 Å². The lowest BCUT2D eigenvalue weighted by Gasteiger charge is -2.13. The van der Waals surface area contributed by atoms with E-state index >= 15 is 0 Å². The van der Waals surface area contributed by atoms with Crippen molar-refractivity contribution in [3.05, 3.63) is 65.7 Å². The Labute approximate surface area is 131 Å². The van der Waals surface area contributed by atoms with Gasteiger partial charge in [-0.15, -0.1) is 0 Å². The maximum absolute atomic E-state index is 12.2. The molecule has 0 bridgehead atoms. The van der Waals surface area contributed by atoms with Gasteiger partial charge >= 0.3 is 0 Å². The molecule has 116 valence electrons. The van der Waals surface area contributed by atoms with Crippen LogP contribution in [0.3, 0.4) is 0 Å². The minimum absolute atomic E-state index is 0.183. The van der Waals surface area contributed by atoms with E-state index in [0.717, 1.165) is 16.8 Å². The summed E-state index contributed by atoms with van der Waals surface area (Å²) in [7, 11) is 0. The summed E-state index contributed by atoms with van der Waals surface area (Å²) in [6.07, 6.45) is 0.519. The standard InChI is InChI=1S/C18H22N2O2/c1-2-22-13-15-9-6-10-16(11-15)20-18(21)17(19)12-14-7-4-3-5-8-14/h3-11,17H,2,12-13,19H2,1H3,(H,20,21)/t17-/m0/s1. The number of amides is 1. The predicted octanol–water partition coefficient (Wildman–Crippen LogP) is 2.73. The van der Waals surface area contributed by atoms with Crippen molar-refractivity contribution in [3.8, 4) is 0 Å². The number of ether oxygens (including phenoxy) is 1. The maximum atomic E-state index is 12.2. The molecule has 4 nitrogen and oxygen atoms in total. The number of nitrogens with one attached hydrogen (secondary N) is 1. The maximum Gasteiger partial charge on any atom is 0.241 e. The van der Waals surface area contributed by atoms with E-state index in [0.29, 0.717) is 19.6 Å². The largest absolute Gasteiger partial charge is 0.377 e. The molecule has 0 saturated carbocycles. The molecule has 2 aromatic rings. The van der Waals surface area contributed by atoms with E-state index in [2.05, 4.69) is 5.32 Å². The van der Waals surface area contributed by atoms with Crippen LogP contribution in [0.5, 0.6) is 0 Å². The molecule has 2 aromatic carbocycles. The van der Waals surface area contributed by atoms with Gasteiger partial charge in [-0.05, 0) is 36.6 Å². The second kappa shape index (κ2) is 8.32. The zero-order chi connectivity index (χ0) is 15.8. The van der Waals surface area contributed by atoms with Gasteiger partial charge in [-0.1, -0.05) is 42.5 Å². The van der Waals surface area contributed by atoms with Crippen molar-refractivity contribution in [2.24, 2.45) is 5.73 Å². The second-order valence-electron chi connectivity index (χ2n) is 5.12. The molecule has 22 heavy (non-hydrogen) atoms. The van der Waals surface area contributed by atoms with Gasteiger partial charge in [-0.25, -0.2) is 0 Å². The van der Waals surface area contributed by atoms with Crippen LogP contribution in [0.4, 0.5) is 5.69 Å². The summed E-state index contributed by atoms with van der Waals surface area (Å²) in [6.45, 7) is 3.16. The minimum atomic E-state index is -0.571. The van der Waals surface area contributed by atoms with E-state index in [1.54, 1.807) is 0 Å². The molecule has 0 unspecified atom stereocenters. The summed E-state index contributed by atoms with van der Waals surface area (Å²) >= 11 is 0. The quantitative estimate of drug-likeness (QED) is 0.826. The molecule has 0 fully saturated rings. The SMILES string of the molecule is CCOCc1cccc(NC(=O)[C@@H](N)Cc2ccccc2)c1. The van der Waals surface area contributed by atoms with Crippen LogP contribution in [0, 0.1) is 0 Å². The monoisotopic (exact) mass is 298 g/mol.